The molecule has 2 aromatic rings. The van der Waals surface area contributed by atoms with Gasteiger partial charge in [-0.1, -0.05) is 31.2 Å². The molecule has 1 unspecified atom stereocenters. The molecule has 15 heavy (non-hydrogen) atoms. The minimum atomic E-state index is 0.168. The summed E-state index contributed by atoms with van der Waals surface area (Å²) in [6, 6.07) is 10.9. The van der Waals surface area contributed by atoms with Crippen LogP contribution in [0.4, 0.5) is 0 Å². The summed E-state index contributed by atoms with van der Waals surface area (Å²) in [7, 11) is 0. The van der Waals surface area contributed by atoms with Crippen LogP contribution < -0.4 is 5.73 Å². The minimum absolute atomic E-state index is 0.168. The van der Waals surface area contributed by atoms with Crippen molar-refractivity contribution in [1.82, 2.24) is 0 Å². The second-order valence-corrected chi connectivity index (χ2v) is 4.43. The topological polar surface area (TPSA) is 26.0 Å². The summed E-state index contributed by atoms with van der Waals surface area (Å²) >= 11 is 1.72. The average molecular weight is 217 g/mol. The van der Waals surface area contributed by atoms with Crippen LogP contribution in [0, 0.1) is 0 Å². The number of nitrogens with two attached hydrogens (primary N) is 1. The van der Waals surface area contributed by atoms with Crippen molar-refractivity contribution in [2.75, 3.05) is 0 Å². The van der Waals surface area contributed by atoms with E-state index in [4.69, 9.17) is 5.73 Å². The summed E-state index contributed by atoms with van der Waals surface area (Å²) in [4.78, 5) is 0. The molecule has 2 rings (SSSR count). The molecule has 0 saturated heterocycles. The van der Waals surface area contributed by atoms with Gasteiger partial charge in [-0.05, 0) is 39.9 Å². The number of benzene rings is 1. The number of rotatable bonds is 3. The summed E-state index contributed by atoms with van der Waals surface area (Å²) < 4.78 is 0. The van der Waals surface area contributed by atoms with Crippen LogP contribution in [-0.2, 0) is 0 Å². The molecule has 78 valence electrons. The molecule has 0 aliphatic heterocycles. The van der Waals surface area contributed by atoms with Crippen molar-refractivity contribution in [3.05, 3.63) is 46.7 Å². The fourth-order valence-corrected chi connectivity index (χ4v) is 2.25. The molecule has 1 atom stereocenters. The van der Waals surface area contributed by atoms with Crippen LogP contribution in [0.1, 0.15) is 24.9 Å². The van der Waals surface area contributed by atoms with Gasteiger partial charge in [0.1, 0.15) is 0 Å². The largest absolute Gasteiger partial charge is 0.324 e. The Morgan fingerprint density at radius 3 is 2.40 bits per heavy atom. The van der Waals surface area contributed by atoms with E-state index in [-0.39, 0.29) is 6.04 Å². The summed E-state index contributed by atoms with van der Waals surface area (Å²) in [5.41, 5.74) is 9.74. The van der Waals surface area contributed by atoms with Crippen LogP contribution in [-0.4, -0.2) is 0 Å². The molecule has 1 heterocycles. The zero-order chi connectivity index (χ0) is 10.7. The molecule has 0 fully saturated rings. The molecule has 0 spiro atoms. The predicted octanol–water partition coefficient (Wildman–Crippen LogP) is 3.82. The van der Waals surface area contributed by atoms with Gasteiger partial charge in [0.05, 0.1) is 0 Å². The van der Waals surface area contributed by atoms with Crippen molar-refractivity contribution in [1.29, 1.82) is 0 Å². The Morgan fingerprint density at radius 1 is 1.13 bits per heavy atom. The number of hydrogen-bond donors (Lipinski definition) is 1. The van der Waals surface area contributed by atoms with E-state index in [1.165, 1.54) is 16.7 Å². The van der Waals surface area contributed by atoms with Gasteiger partial charge in [0.15, 0.2) is 0 Å². The van der Waals surface area contributed by atoms with Crippen LogP contribution >= 0.6 is 11.3 Å². The lowest BCUT2D eigenvalue weighted by atomic mass is 10.0. The SMILES string of the molecule is CCC(N)c1ccc(-c2ccsc2)cc1. The zero-order valence-corrected chi connectivity index (χ0v) is 9.63. The lowest BCUT2D eigenvalue weighted by Gasteiger charge is -2.09. The van der Waals surface area contributed by atoms with Gasteiger partial charge in [-0.3, -0.25) is 0 Å². The lowest BCUT2D eigenvalue weighted by molar-refractivity contribution is 0.699. The van der Waals surface area contributed by atoms with E-state index in [0.717, 1.165) is 6.42 Å². The molecule has 0 bridgehead atoms. The summed E-state index contributed by atoms with van der Waals surface area (Å²) in [5, 5.41) is 4.26. The third kappa shape index (κ3) is 2.28. The van der Waals surface area contributed by atoms with E-state index in [0.29, 0.717) is 0 Å². The molecule has 0 saturated carbocycles. The maximum Gasteiger partial charge on any atom is 0.0292 e. The number of hydrogen-bond acceptors (Lipinski definition) is 2. The first-order valence-electron chi connectivity index (χ1n) is 5.19. The third-order valence-corrected chi connectivity index (χ3v) is 3.32. The van der Waals surface area contributed by atoms with Gasteiger partial charge in [0.2, 0.25) is 0 Å². The molecule has 2 heteroatoms. The van der Waals surface area contributed by atoms with Crippen LogP contribution in [0.15, 0.2) is 41.1 Å². The van der Waals surface area contributed by atoms with Crippen LogP contribution in [0.25, 0.3) is 11.1 Å². The maximum atomic E-state index is 5.97. The summed E-state index contributed by atoms with van der Waals surface area (Å²) in [6.07, 6.45) is 0.984. The Kier molecular flexibility index (Phi) is 3.19. The smallest absolute Gasteiger partial charge is 0.0292 e. The molecule has 1 aromatic heterocycles. The van der Waals surface area contributed by atoms with Crippen molar-refractivity contribution in [3.8, 4) is 11.1 Å². The molecular weight excluding hydrogens is 202 g/mol. The first-order valence-corrected chi connectivity index (χ1v) is 6.13. The van der Waals surface area contributed by atoms with Gasteiger partial charge in [0, 0.05) is 6.04 Å². The van der Waals surface area contributed by atoms with Crippen molar-refractivity contribution in [2.24, 2.45) is 5.73 Å². The highest BCUT2D eigenvalue weighted by Crippen LogP contribution is 2.24. The van der Waals surface area contributed by atoms with E-state index in [1.54, 1.807) is 11.3 Å². The first-order chi connectivity index (χ1) is 7.31. The Balaban J connectivity index is 2.25. The minimum Gasteiger partial charge on any atom is -0.324 e. The fourth-order valence-electron chi connectivity index (χ4n) is 1.59. The highest BCUT2D eigenvalue weighted by Gasteiger charge is 2.03. The van der Waals surface area contributed by atoms with E-state index in [2.05, 4.69) is 48.0 Å². The molecule has 1 nitrogen and oxygen atoms in total. The molecular formula is C13H15NS. The second-order valence-electron chi connectivity index (χ2n) is 3.65. The highest BCUT2D eigenvalue weighted by molar-refractivity contribution is 7.08. The lowest BCUT2D eigenvalue weighted by Crippen LogP contribution is -2.07. The Labute approximate surface area is 94.6 Å². The quantitative estimate of drug-likeness (QED) is 0.831. The standard InChI is InChI=1S/C13H15NS/c1-2-13(14)11-5-3-10(4-6-11)12-7-8-15-9-12/h3-9,13H,2,14H2,1H3. The Morgan fingerprint density at radius 2 is 1.87 bits per heavy atom. The molecule has 1 aromatic carbocycles. The van der Waals surface area contributed by atoms with Crippen LogP contribution in [0.2, 0.25) is 0 Å². The van der Waals surface area contributed by atoms with Gasteiger partial charge in [-0.25, -0.2) is 0 Å². The van der Waals surface area contributed by atoms with Gasteiger partial charge >= 0.3 is 0 Å². The highest BCUT2D eigenvalue weighted by atomic mass is 32.1. The first kappa shape index (κ1) is 10.4. The molecule has 0 radical (unpaired) electrons. The molecule has 2 N–H and O–H groups in total. The van der Waals surface area contributed by atoms with Gasteiger partial charge in [-0.2, -0.15) is 11.3 Å². The van der Waals surface area contributed by atoms with Crippen molar-refractivity contribution in [3.63, 3.8) is 0 Å². The number of thiophene rings is 1. The van der Waals surface area contributed by atoms with Gasteiger partial charge in [-0.15, -0.1) is 0 Å². The zero-order valence-electron chi connectivity index (χ0n) is 8.81. The molecule has 0 aliphatic rings. The maximum absolute atomic E-state index is 5.97. The van der Waals surface area contributed by atoms with Crippen molar-refractivity contribution in [2.45, 2.75) is 19.4 Å². The predicted molar refractivity (Wildman–Crippen MR) is 67.0 cm³/mol. The van der Waals surface area contributed by atoms with E-state index in [1.807, 2.05) is 0 Å². The summed E-state index contributed by atoms with van der Waals surface area (Å²) in [6.45, 7) is 2.11. The Hall–Kier alpha value is -1.12. The monoisotopic (exact) mass is 217 g/mol. The molecule has 0 amide bonds. The van der Waals surface area contributed by atoms with E-state index < -0.39 is 0 Å². The van der Waals surface area contributed by atoms with Crippen molar-refractivity contribution >= 4 is 11.3 Å². The third-order valence-electron chi connectivity index (χ3n) is 2.63. The van der Waals surface area contributed by atoms with E-state index >= 15 is 0 Å². The van der Waals surface area contributed by atoms with E-state index in [9.17, 15) is 0 Å². The van der Waals surface area contributed by atoms with Gasteiger partial charge in [0.25, 0.3) is 0 Å². The van der Waals surface area contributed by atoms with Crippen LogP contribution in [0.5, 0.6) is 0 Å². The normalized spacial score (nSPS) is 12.7. The summed E-state index contributed by atoms with van der Waals surface area (Å²) in [5.74, 6) is 0. The van der Waals surface area contributed by atoms with Crippen LogP contribution in [0.3, 0.4) is 0 Å². The van der Waals surface area contributed by atoms with Crippen molar-refractivity contribution < 1.29 is 0 Å². The average Bonchev–Trinajstić information content (AvgIpc) is 2.82. The molecule has 0 aliphatic carbocycles. The second kappa shape index (κ2) is 4.60. The fraction of sp³-hybridized carbons (Fsp3) is 0.231. The Bertz CT molecular complexity index is 403. The van der Waals surface area contributed by atoms with Gasteiger partial charge < -0.3 is 5.73 Å².